The van der Waals surface area contributed by atoms with Gasteiger partial charge in [-0.1, -0.05) is 30.3 Å². The Morgan fingerprint density at radius 1 is 1.15 bits per heavy atom. The summed E-state index contributed by atoms with van der Waals surface area (Å²) in [6, 6.07) is 17.8. The molecule has 1 aliphatic heterocycles. The number of carboxylic acids is 1. The Morgan fingerprint density at radius 2 is 1.81 bits per heavy atom. The zero-order valence-electron chi connectivity index (χ0n) is 15.5. The summed E-state index contributed by atoms with van der Waals surface area (Å²) < 4.78 is 0. The molecule has 1 fully saturated rings. The van der Waals surface area contributed by atoms with Crippen molar-refractivity contribution < 1.29 is 14.7 Å². The number of hydrogen-bond acceptors (Lipinski definition) is 3. The monoisotopic (exact) mass is 384 g/mol. The quantitative estimate of drug-likeness (QED) is 0.722. The van der Waals surface area contributed by atoms with E-state index in [9.17, 15) is 14.7 Å². The second-order valence-corrected chi connectivity index (χ2v) is 8.58. The second-order valence-electron chi connectivity index (χ2n) is 7.16. The topological polar surface area (TPSA) is 69.6 Å². The molecule has 2 aromatic rings. The van der Waals surface area contributed by atoms with Gasteiger partial charge in [0.2, 0.25) is 0 Å². The molecule has 6 heteroatoms. The number of nitrogens with one attached hydrogen (secondary N) is 1. The van der Waals surface area contributed by atoms with E-state index in [1.165, 1.54) is 10.5 Å². The first kappa shape index (κ1) is 19.3. The Bertz CT molecular complexity index is 810. The molecule has 0 spiro atoms. The van der Waals surface area contributed by atoms with Gasteiger partial charge in [0.25, 0.3) is 0 Å². The minimum atomic E-state index is -0.856. The molecule has 1 saturated heterocycles. The first-order chi connectivity index (χ1) is 12.9. The average molecular weight is 385 g/mol. The van der Waals surface area contributed by atoms with Gasteiger partial charge in [0.05, 0.1) is 5.41 Å². The molecule has 2 amide bonds. The molecule has 5 nitrogen and oxygen atoms in total. The van der Waals surface area contributed by atoms with Gasteiger partial charge in [-0.3, -0.25) is 4.79 Å². The number of urea groups is 1. The number of nitrogens with zero attached hydrogens (tertiary/aromatic N) is 1. The predicted octanol–water partition coefficient (Wildman–Crippen LogP) is 4.87. The van der Waals surface area contributed by atoms with E-state index in [0.717, 1.165) is 0 Å². The van der Waals surface area contributed by atoms with E-state index < -0.39 is 11.4 Å². The van der Waals surface area contributed by atoms with Crippen LogP contribution in [0.2, 0.25) is 0 Å². The molecule has 27 heavy (non-hydrogen) atoms. The molecule has 0 saturated carbocycles. The molecule has 3 rings (SSSR count). The van der Waals surface area contributed by atoms with Crippen molar-refractivity contribution in [2.24, 2.45) is 5.41 Å². The number of amides is 2. The summed E-state index contributed by atoms with van der Waals surface area (Å²) >= 11 is 1.79. The number of carboxylic acid groups (broad SMARTS) is 1. The normalized spacial score (nSPS) is 20.3. The molecule has 1 aliphatic rings. The van der Waals surface area contributed by atoms with E-state index in [1.54, 1.807) is 23.6 Å². The van der Waals surface area contributed by atoms with Crippen molar-refractivity contribution >= 4 is 29.4 Å². The van der Waals surface area contributed by atoms with Gasteiger partial charge in [-0.05, 0) is 50.1 Å². The highest BCUT2D eigenvalue weighted by atomic mass is 32.2. The molecule has 2 atom stereocenters. The summed E-state index contributed by atoms with van der Waals surface area (Å²) in [6.45, 7) is 4.53. The largest absolute Gasteiger partial charge is 0.481 e. The third-order valence-corrected chi connectivity index (χ3v) is 6.13. The van der Waals surface area contributed by atoms with Crippen molar-refractivity contribution in [2.75, 3.05) is 18.4 Å². The fourth-order valence-corrected chi connectivity index (χ4v) is 4.14. The van der Waals surface area contributed by atoms with E-state index in [1.807, 2.05) is 42.5 Å². The molecule has 0 aromatic heterocycles. The minimum Gasteiger partial charge on any atom is -0.481 e. The Morgan fingerprint density at radius 3 is 2.41 bits per heavy atom. The third kappa shape index (κ3) is 4.63. The van der Waals surface area contributed by atoms with Crippen LogP contribution in [0.15, 0.2) is 59.5 Å². The molecular weight excluding hydrogens is 360 g/mol. The standard InChI is InChI=1S/C21H24N2O3S/c1-15(27-18-6-4-3-5-7-18)16-8-10-17(11-9-16)22-20(26)23-13-12-21(2,14-23)19(24)25/h3-11,15H,12-14H2,1-2H3,(H,22,26)(H,24,25). The Kier molecular flexibility index (Phi) is 5.75. The van der Waals surface area contributed by atoms with Crippen LogP contribution in [0, 0.1) is 5.41 Å². The third-order valence-electron chi connectivity index (χ3n) is 4.96. The number of carbonyl (C=O) groups is 2. The van der Waals surface area contributed by atoms with Gasteiger partial charge >= 0.3 is 12.0 Å². The van der Waals surface area contributed by atoms with Crippen LogP contribution in [0.3, 0.4) is 0 Å². The average Bonchev–Trinajstić information content (AvgIpc) is 3.07. The van der Waals surface area contributed by atoms with Gasteiger partial charge in [0, 0.05) is 28.9 Å². The van der Waals surface area contributed by atoms with Crippen molar-refractivity contribution in [3.05, 3.63) is 60.2 Å². The SMILES string of the molecule is CC(Sc1ccccc1)c1ccc(NC(=O)N2CCC(C)(C(=O)O)C2)cc1. The molecule has 1 heterocycles. The first-order valence-electron chi connectivity index (χ1n) is 8.98. The van der Waals surface area contributed by atoms with Crippen molar-refractivity contribution in [3.8, 4) is 0 Å². The van der Waals surface area contributed by atoms with Crippen molar-refractivity contribution in [1.82, 2.24) is 4.90 Å². The second kappa shape index (κ2) is 8.05. The maximum Gasteiger partial charge on any atom is 0.321 e. The summed E-state index contributed by atoms with van der Waals surface area (Å²) in [7, 11) is 0. The lowest BCUT2D eigenvalue weighted by atomic mass is 9.90. The summed E-state index contributed by atoms with van der Waals surface area (Å²) in [5.74, 6) is -0.855. The van der Waals surface area contributed by atoms with Crippen LogP contribution in [0.25, 0.3) is 0 Å². The van der Waals surface area contributed by atoms with E-state index in [2.05, 4.69) is 24.4 Å². The molecule has 2 unspecified atom stereocenters. The molecule has 0 bridgehead atoms. The fraction of sp³-hybridized carbons (Fsp3) is 0.333. The number of aliphatic carboxylic acids is 1. The van der Waals surface area contributed by atoms with Gasteiger partial charge in [-0.15, -0.1) is 11.8 Å². The van der Waals surface area contributed by atoms with Crippen LogP contribution >= 0.6 is 11.8 Å². The lowest BCUT2D eigenvalue weighted by Crippen LogP contribution is -2.37. The van der Waals surface area contributed by atoms with Crippen LogP contribution < -0.4 is 5.32 Å². The number of hydrogen-bond donors (Lipinski definition) is 2. The van der Waals surface area contributed by atoms with E-state index in [-0.39, 0.29) is 12.6 Å². The van der Waals surface area contributed by atoms with Crippen LogP contribution in [0.5, 0.6) is 0 Å². The number of rotatable bonds is 5. The van der Waals surface area contributed by atoms with E-state index in [0.29, 0.717) is 23.9 Å². The van der Waals surface area contributed by atoms with Gasteiger partial charge in [0.15, 0.2) is 0 Å². The predicted molar refractivity (Wildman–Crippen MR) is 108 cm³/mol. The smallest absolute Gasteiger partial charge is 0.321 e. The Balaban J connectivity index is 1.58. The minimum absolute atomic E-state index is 0.233. The van der Waals surface area contributed by atoms with Crippen molar-refractivity contribution in [3.63, 3.8) is 0 Å². The molecule has 0 aliphatic carbocycles. The number of thioether (sulfide) groups is 1. The van der Waals surface area contributed by atoms with Crippen LogP contribution in [0.4, 0.5) is 10.5 Å². The lowest BCUT2D eigenvalue weighted by Gasteiger charge is -2.20. The maximum atomic E-state index is 12.4. The number of likely N-dealkylation sites (tertiary alicyclic amines) is 1. The lowest BCUT2D eigenvalue weighted by molar-refractivity contribution is -0.146. The Labute approximate surface area is 163 Å². The van der Waals surface area contributed by atoms with Crippen LogP contribution in [0.1, 0.15) is 31.1 Å². The molecule has 2 aromatic carbocycles. The maximum absolute atomic E-state index is 12.4. The summed E-state index contributed by atoms with van der Waals surface area (Å²) in [5, 5.41) is 12.5. The highest BCUT2D eigenvalue weighted by molar-refractivity contribution is 7.99. The summed E-state index contributed by atoms with van der Waals surface area (Å²) in [4.78, 5) is 26.5. The zero-order valence-corrected chi connectivity index (χ0v) is 16.3. The highest BCUT2D eigenvalue weighted by Crippen LogP contribution is 2.35. The molecule has 0 radical (unpaired) electrons. The van der Waals surface area contributed by atoms with Gasteiger partial charge < -0.3 is 15.3 Å². The van der Waals surface area contributed by atoms with Crippen molar-refractivity contribution in [2.45, 2.75) is 30.4 Å². The molecular formula is C21H24N2O3S. The molecule has 2 N–H and O–H groups in total. The van der Waals surface area contributed by atoms with E-state index >= 15 is 0 Å². The van der Waals surface area contributed by atoms with Gasteiger partial charge in [-0.2, -0.15) is 0 Å². The highest BCUT2D eigenvalue weighted by Gasteiger charge is 2.42. The summed E-state index contributed by atoms with van der Waals surface area (Å²) in [6.07, 6.45) is 0.475. The van der Waals surface area contributed by atoms with Crippen LogP contribution in [-0.4, -0.2) is 35.1 Å². The van der Waals surface area contributed by atoms with Crippen molar-refractivity contribution in [1.29, 1.82) is 0 Å². The first-order valence-corrected chi connectivity index (χ1v) is 9.86. The van der Waals surface area contributed by atoms with Gasteiger partial charge in [0.1, 0.15) is 0 Å². The fourth-order valence-electron chi connectivity index (χ4n) is 3.12. The summed E-state index contributed by atoms with van der Waals surface area (Å²) in [5.41, 5.74) is 1.04. The zero-order chi connectivity index (χ0) is 19.4. The van der Waals surface area contributed by atoms with E-state index in [4.69, 9.17) is 0 Å². The Hall–Kier alpha value is -2.47. The number of anilines is 1. The number of carbonyl (C=O) groups excluding carboxylic acids is 1. The molecule has 142 valence electrons. The van der Waals surface area contributed by atoms with Gasteiger partial charge in [-0.25, -0.2) is 4.79 Å². The number of benzene rings is 2. The van der Waals surface area contributed by atoms with Crippen LogP contribution in [-0.2, 0) is 4.79 Å².